The zero-order valence-corrected chi connectivity index (χ0v) is 16.3. The van der Waals surface area contributed by atoms with Crippen LogP contribution < -0.4 is 10.2 Å². The molecule has 1 N–H and O–H groups in total. The van der Waals surface area contributed by atoms with Crippen molar-refractivity contribution in [1.29, 1.82) is 0 Å². The van der Waals surface area contributed by atoms with Gasteiger partial charge in [-0.1, -0.05) is 56.3 Å². The highest BCUT2D eigenvalue weighted by Gasteiger charge is 2.27. The molecule has 2 aromatic rings. The first-order valence-electron chi connectivity index (χ1n) is 9.49. The Labute approximate surface area is 165 Å². The Kier molecular flexibility index (Phi) is 6.66. The lowest BCUT2D eigenvalue weighted by atomic mass is 10.0. The van der Waals surface area contributed by atoms with E-state index in [0.29, 0.717) is 12.5 Å². The number of hydrogen-bond donors (Lipinski definition) is 1. The third-order valence-corrected chi connectivity index (χ3v) is 4.69. The van der Waals surface area contributed by atoms with E-state index in [1.54, 1.807) is 4.90 Å². The molecule has 2 aromatic carbocycles. The van der Waals surface area contributed by atoms with Gasteiger partial charge >= 0.3 is 6.09 Å². The Morgan fingerprint density at radius 3 is 2.57 bits per heavy atom. The summed E-state index contributed by atoms with van der Waals surface area (Å²) < 4.78 is 10.8. The van der Waals surface area contributed by atoms with E-state index in [1.165, 1.54) is 5.56 Å². The van der Waals surface area contributed by atoms with Gasteiger partial charge in [-0.15, -0.1) is 0 Å². The molecule has 1 heterocycles. The van der Waals surface area contributed by atoms with Gasteiger partial charge in [0.15, 0.2) is 0 Å². The van der Waals surface area contributed by atoms with Crippen LogP contribution >= 0.6 is 0 Å². The van der Waals surface area contributed by atoms with Crippen LogP contribution in [0.15, 0.2) is 54.6 Å². The molecule has 6 nitrogen and oxygen atoms in total. The second kappa shape index (κ2) is 9.37. The first kappa shape index (κ1) is 19.9. The summed E-state index contributed by atoms with van der Waals surface area (Å²) in [5.41, 5.74) is 2.99. The molecule has 1 saturated heterocycles. The molecule has 1 aliphatic heterocycles. The zero-order chi connectivity index (χ0) is 19.9. The second-order valence-corrected chi connectivity index (χ2v) is 7.13. The van der Waals surface area contributed by atoms with Crippen LogP contribution in [-0.4, -0.2) is 37.8 Å². The van der Waals surface area contributed by atoms with Crippen LogP contribution in [0, 0.1) is 0 Å². The van der Waals surface area contributed by atoms with Crippen molar-refractivity contribution in [3.63, 3.8) is 0 Å². The molecule has 1 atom stereocenters. The van der Waals surface area contributed by atoms with Gasteiger partial charge in [0, 0.05) is 12.2 Å². The number of anilines is 1. The third kappa shape index (κ3) is 5.33. The number of morpholine rings is 1. The third-order valence-electron chi connectivity index (χ3n) is 4.69. The summed E-state index contributed by atoms with van der Waals surface area (Å²) in [6.07, 6.45) is -0.788. The summed E-state index contributed by atoms with van der Waals surface area (Å²) in [4.78, 5) is 25.9. The Balaban J connectivity index is 1.50. The molecule has 0 spiro atoms. The number of amides is 2. The van der Waals surface area contributed by atoms with Crippen LogP contribution in [0.3, 0.4) is 0 Å². The van der Waals surface area contributed by atoms with Crippen molar-refractivity contribution >= 4 is 17.7 Å². The average Bonchev–Trinajstić information content (AvgIpc) is 2.72. The van der Waals surface area contributed by atoms with Gasteiger partial charge in [-0.05, 0) is 29.2 Å². The van der Waals surface area contributed by atoms with Gasteiger partial charge in [-0.2, -0.15) is 0 Å². The topological polar surface area (TPSA) is 67.9 Å². The molecule has 28 heavy (non-hydrogen) atoms. The van der Waals surface area contributed by atoms with Gasteiger partial charge in [0.2, 0.25) is 0 Å². The molecule has 1 unspecified atom stereocenters. The lowest BCUT2D eigenvalue weighted by molar-refractivity contribution is -0.129. The van der Waals surface area contributed by atoms with Gasteiger partial charge in [0.1, 0.15) is 13.2 Å². The molecule has 1 fully saturated rings. The van der Waals surface area contributed by atoms with Crippen LogP contribution in [0.2, 0.25) is 0 Å². The van der Waals surface area contributed by atoms with E-state index in [-0.39, 0.29) is 31.8 Å². The zero-order valence-electron chi connectivity index (χ0n) is 16.3. The predicted octanol–water partition coefficient (Wildman–Crippen LogP) is 3.47. The Hall–Kier alpha value is -2.86. The number of carbonyl (C=O) groups excluding carboxylic acids is 2. The highest BCUT2D eigenvalue weighted by molar-refractivity contribution is 5.95. The van der Waals surface area contributed by atoms with Crippen molar-refractivity contribution < 1.29 is 19.1 Å². The molecule has 0 aliphatic carbocycles. The number of alkyl carbamates (subject to hydrolysis) is 1. The molecular formula is C22H26N2O4. The van der Waals surface area contributed by atoms with E-state index < -0.39 is 6.09 Å². The fourth-order valence-corrected chi connectivity index (χ4v) is 3.01. The minimum Gasteiger partial charge on any atom is -0.445 e. The van der Waals surface area contributed by atoms with Gasteiger partial charge in [-0.3, -0.25) is 4.79 Å². The highest BCUT2D eigenvalue weighted by Crippen LogP contribution is 2.22. The number of ether oxygens (including phenoxy) is 2. The van der Waals surface area contributed by atoms with Crippen LogP contribution in [0.1, 0.15) is 30.9 Å². The van der Waals surface area contributed by atoms with Crippen LogP contribution in [0.5, 0.6) is 0 Å². The van der Waals surface area contributed by atoms with Gasteiger partial charge in [0.25, 0.3) is 5.91 Å². The molecule has 2 amide bonds. The number of benzene rings is 2. The summed E-state index contributed by atoms with van der Waals surface area (Å²) in [7, 11) is 0. The van der Waals surface area contributed by atoms with Crippen molar-refractivity contribution in [3.05, 3.63) is 65.7 Å². The lowest BCUT2D eigenvalue weighted by Gasteiger charge is -2.33. The van der Waals surface area contributed by atoms with E-state index >= 15 is 0 Å². The summed E-state index contributed by atoms with van der Waals surface area (Å²) in [5, 5.41) is 2.71. The summed E-state index contributed by atoms with van der Waals surface area (Å²) >= 11 is 0. The minimum absolute atomic E-state index is 0.00264. The molecule has 0 bridgehead atoms. The Bertz CT molecular complexity index is 790. The van der Waals surface area contributed by atoms with E-state index in [2.05, 4.69) is 19.2 Å². The number of hydrogen-bond acceptors (Lipinski definition) is 4. The SMILES string of the molecule is CC(C)c1ccc(N2CC(CNC(=O)OCc3ccccc3)OCC2=O)cc1. The lowest BCUT2D eigenvalue weighted by Crippen LogP contribution is -2.50. The highest BCUT2D eigenvalue weighted by atomic mass is 16.5. The number of nitrogens with one attached hydrogen (secondary N) is 1. The largest absolute Gasteiger partial charge is 0.445 e. The van der Waals surface area contributed by atoms with Gasteiger partial charge < -0.3 is 19.7 Å². The van der Waals surface area contributed by atoms with Gasteiger partial charge in [-0.25, -0.2) is 4.79 Å². The number of rotatable bonds is 6. The maximum absolute atomic E-state index is 12.2. The molecule has 0 saturated carbocycles. The van der Waals surface area contributed by atoms with Crippen LogP contribution in [0.25, 0.3) is 0 Å². The van der Waals surface area contributed by atoms with Crippen LogP contribution in [-0.2, 0) is 20.9 Å². The van der Waals surface area contributed by atoms with E-state index in [4.69, 9.17) is 9.47 Å². The molecule has 6 heteroatoms. The molecular weight excluding hydrogens is 356 g/mol. The average molecular weight is 382 g/mol. The van der Waals surface area contributed by atoms with E-state index in [9.17, 15) is 9.59 Å². The molecule has 3 rings (SSSR count). The second-order valence-electron chi connectivity index (χ2n) is 7.13. The Morgan fingerprint density at radius 2 is 1.89 bits per heavy atom. The standard InChI is InChI=1S/C22H26N2O4/c1-16(2)18-8-10-19(11-9-18)24-13-20(27-15-21(24)25)12-23-22(26)28-14-17-6-4-3-5-7-17/h3-11,16,20H,12-15H2,1-2H3,(H,23,26). The molecule has 0 radical (unpaired) electrons. The molecule has 0 aromatic heterocycles. The van der Waals surface area contributed by atoms with Crippen molar-refractivity contribution in [1.82, 2.24) is 5.32 Å². The fraction of sp³-hybridized carbons (Fsp3) is 0.364. The minimum atomic E-state index is -0.503. The van der Waals surface area contributed by atoms with Crippen molar-refractivity contribution in [2.45, 2.75) is 32.5 Å². The van der Waals surface area contributed by atoms with Crippen molar-refractivity contribution in [3.8, 4) is 0 Å². The number of carbonyl (C=O) groups is 2. The number of nitrogens with zero attached hydrogens (tertiary/aromatic N) is 1. The summed E-state index contributed by atoms with van der Waals surface area (Å²) in [6, 6.07) is 17.5. The Morgan fingerprint density at radius 1 is 1.18 bits per heavy atom. The fourth-order valence-electron chi connectivity index (χ4n) is 3.01. The van der Waals surface area contributed by atoms with E-state index in [1.807, 2.05) is 54.6 Å². The van der Waals surface area contributed by atoms with E-state index in [0.717, 1.165) is 11.3 Å². The van der Waals surface area contributed by atoms with Crippen molar-refractivity contribution in [2.24, 2.45) is 0 Å². The van der Waals surface area contributed by atoms with Crippen LogP contribution in [0.4, 0.5) is 10.5 Å². The first-order chi connectivity index (χ1) is 13.5. The maximum Gasteiger partial charge on any atom is 0.407 e. The molecule has 148 valence electrons. The molecule has 1 aliphatic rings. The van der Waals surface area contributed by atoms with Gasteiger partial charge in [0.05, 0.1) is 12.6 Å². The smallest absolute Gasteiger partial charge is 0.407 e. The summed E-state index contributed by atoms with van der Waals surface area (Å²) in [6.45, 7) is 5.14. The predicted molar refractivity (Wildman–Crippen MR) is 107 cm³/mol. The summed E-state index contributed by atoms with van der Waals surface area (Å²) in [5.74, 6) is 0.355. The maximum atomic E-state index is 12.2. The van der Waals surface area contributed by atoms with Crippen molar-refractivity contribution in [2.75, 3.05) is 24.6 Å². The monoisotopic (exact) mass is 382 g/mol. The quantitative estimate of drug-likeness (QED) is 0.831. The first-order valence-corrected chi connectivity index (χ1v) is 9.49. The normalized spacial score (nSPS) is 16.9.